The molecule has 0 bridgehead atoms. The number of aromatic nitrogens is 2. The molecule has 16 heavy (non-hydrogen) atoms. The Kier molecular flexibility index (Phi) is 2.38. The number of imidazole rings is 1. The Morgan fingerprint density at radius 2 is 2.00 bits per heavy atom. The maximum absolute atomic E-state index is 13.5. The molecule has 0 fully saturated rings. The van der Waals surface area contributed by atoms with Gasteiger partial charge in [0.15, 0.2) is 11.6 Å². The quantitative estimate of drug-likeness (QED) is 0.805. The molecule has 2 rings (SSSR count). The van der Waals surface area contributed by atoms with E-state index in [2.05, 4.69) is 4.98 Å². The molecule has 2 aromatic rings. The van der Waals surface area contributed by atoms with Gasteiger partial charge in [-0.2, -0.15) is 0 Å². The molecule has 0 aliphatic rings. The van der Waals surface area contributed by atoms with E-state index >= 15 is 0 Å². The van der Waals surface area contributed by atoms with Crippen molar-refractivity contribution in [1.29, 1.82) is 0 Å². The molecule has 0 unspecified atom stereocenters. The third-order valence-corrected chi connectivity index (χ3v) is 2.57. The second kappa shape index (κ2) is 3.59. The summed E-state index contributed by atoms with van der Waals surface area (Å²) in [7, 11) is 1.72. The number of halogens is 2. The SMILES string of the molecule is Cc1nc(-c2cccc(F)c2F)c(N)n1C. The first-order chi connectivity index (χ1) is 7.52. The maximum Gasteiger partial charge on any atom is 0.168 e. The van der Waals surface area contributed by atoms with Gasteiger partial charge in [-0.3, -0.25) is 0 Å². The third-order valence-electron chi connectivity index (χ3n) is 2.57. The third kappa shape index (κ3) is 1.44. The summed E-state index contributed by atoms with van der Waals surface area (Å²) in [6, 6.07) is 3.94. The van der Waals surface area contributed by atoms with Crippen LogP contribution in [-0.2, 0) is 7.05 Å². The number of benzene rings is 1. The lowest BCUT2D eigenvalue weighted by Gasteiger charge is -2.02. The van der Waals surface area contributed by atoms with E-state index in [9.17, 15) is 8.78 Å². The van der Waals surface area contributed by atoms with Crippen molar-refractivity contribution < 1.29 is 8.78 Å². The van der Waals surface area contributed by atoms with Gasteiger partial charge in [0.25, 0.3) is 0 Å². The van der Waals surface area contributed by atoms with Crippen LogP contribution >= 0.6 is 0 Å². The average molecular weight is 223 g/mol. The molecule has 0 radical (unpaired) electrons. The van der Waals surface area contributed by atoms with Gasteiger partial charge in [0, 0.05) is 12.6 Å². The number of nitrogens with zero attached hydrogens (tertiary/aromatic N) is 2. The summed E-state index contributed by atoms with van der Waals surface area (Å²) in [4.78, 5) is 4.11. The molecule has 0 spiro atoms. The molecule has 0 aliphatic carbocycles. The number of hydrogen-bond donors (Lipinski definition) is 1. The Labute approximate surface area is 91.5 Å². The molecular weight excluding hydrogens is 212 g/mol. The lowest BCUT2D eigenvalue weighted by Crippen LogP contribution is -1.99. The molecule has 0 aliphatic heterocycles. The Bertz CT molecular complexity index is 546. The Morgan fingerprint density at radius 3 is 2.56 bits per heavy atom. The van der Waals surface area contributed by atoms with E-state index in [4.69, 9.17) is 5.73 Å². The predicted molar refractivity (Wildman–Crippen MR) is 57.7 cm³/mol. The fourth-order valence-electron chi connectivity index (χ4n) is 1.51. The van der Waals surface area contributed by atoms with Crippen LogP contribution in [0.1, 0.15) is 5.82 Å². The van der Waals surface area contributed by atoms with E-state index in [0.717, 1.165) is 6.07 Å². The van der Waals surface area contributed by atoms with E-state index in [1.165, 1.54) is 12.1 Å². The van der Waals surface area contributed by atoms with Crippen LogP contribution in [0.15, 0.2) is 18.2 Å². The highest BCUT2D eigenvalue weighted by Gasteiger charge is 2.16. The van der Waals surface area contributed by atoms with Gasteiger partial charge in [-0.1, -0.05) is 6.07 Å². The van der Waals surface area contributed by atoms with Crippen molar-refractivity contribution in [2.75, 3.05) is 5.73 Å². The molecule has 1 heterocycles. The highest BCUT2D eigenvalue weighted by atomic mass is 19.2. The summed E-state index contributed by atoms with van der Waals surface area (Å²) in [5, 5.41) is 0. The van der Waals surface area contributed by atoms with Crippen molar-refractivity contribution in [2.24, 2.45) is 7.05 Å². The number of anilines is 1. The number of nitrogens with two attached hydrogens (primary N) is 1. The van der Waals surface area contributed by atoms with Gasteiger partial charge in [-0.25, -0.2) is 13.8 Å². The Balaban J connectivity index is 2.68. The number of aryl methyl sites for hydroxylation is 1. The molecule has 1 aromatic heterocycles. The predicted octanol–water partition coefficient (Wildman–Crippen LogP) is 2.26. The van der Waals surface area contributed by atoms with Crippen LogP contribution in [0, 0.1) is 18.6 Å². The fourth-order valence-corrected chi connectivity index (χ4v) is 1.51. The Morgan fingerprint density at radius 1 is 1.31 bits per heavy atom. The van der Waals surface area contributed by atoms with Gasteiger partial charge >= 0.3 is 0 Å². The van der Waals surface area contributed by atoms with Crippen LogP contribution in [0.2, 0.25) is 0 Å². The van der Waals surface area contributed by atoms with Crippen molar-refractivity contribution in [2.45, 2.75) is 6.92 Å². The molecular formula is C11H11F2N3. The standard InChI is InChI=1S/C11H11F2N3/c1-6-15-10(11(14)16(6)2)7-4-3-5-8(12)9(7)13/h3-5H,14H2,1-2H3. The van der Waals surface area contributed by atoms with Gasteiger partial charge in [0.1, 0.15) is 17.3 Å². The van der Waals surface area contributed by atoms with E-state index in [0.29, 0.717) is 11.6 Å². The summed E-state index contributed by atoms with van der Waals surface area (Å²) < 4.78 is 28.2. The zero-order valence-electron chi connectivity index (χ0n) is 8.96. The Hall–Kier alpha value is -1.91. The van der Waals surface area contributed by atoms with Crippen LogP contribution in [0.5, 0.6) is 0 Å². The van der Waals surface area contributed by atoms with Crippen molar-refractivity contribution in [3.63, 3.8) is 0 Å². The minimum absolute atomic E-state index is 0.0844. The molecule has 2 N–H and O–H groups in total. The number of rotatable bonds is 1. The van der Waals surface area contributed by atoms with Crippen LogP contribution < -0.4 is 5.73 Å². The monoisotopic (exact) mass is 223 g/mol. The van der Waals surface area contributed by atoms with Crippen LogP contribution in [-0.4, -0.2) is 9.55 Å². The smallest absolute Gasteiger partial charge is 0.168 e. The van der Waals surface area contributed by atoms with Gasteiger partial charge < -0.3 is 10.3 Å². The zero-order chi connectivity index (χ0) is 11.9. The van der Waals surface area contributed by atoms with Crippen LogP contribution in [0.25, 0.3) is 11.3 Å². The van der Waals surface area contributed by atoms with E-state index in [1.807, 2.05) is 0 Å². The van der Waals surface area contributed by atoms with E-state index < -0.39 is 11.6 Å². The fraction of sp³-hybridized carbons (Fsp3) is 0.182. The van der Waals surface area contributed by atoms with Crippen molar-refractivity contribution >= 4 is 5.82 Å². The number of hydrogen-bond acceptors (Lipinski definition) is 2. The molecule has 3 nitrogen and oxygen atoms in total. The summed E-state index contributed by atoms with van der Waals surface area (Å²) >= 11 is 0. The topological polar surface area (TPSA) is 43.8 Å². The first-order valence-electron chi connectivity index (χ1n) is 4.75. The normalized spacial score (nSPS) is 10.8. The molecule has 5 heteroatoms. The first kappa shape index (κ1) is 10.6. The summed E-state index contributed by atoms with van der Waals surface area (Å²) in [6.45, 7) is 1.75. The molecule has 84 valence electrons. The first-order valence-corrected chi connectivity index (χ1v) is 4.75. The highest BCUT2D eigenvalue weighted by molar-refractivity contribution is 5.71. The zero-order valence-corrected chi connectivity index (χ0v) is 8.96. The van der Waals surface area contributed by atoms with E-state index in [-0.39, 0.29) is 11.3 Å². The lowest BCUT2D eigenvalue weighted by molar-refractivity contribution is 0.511. The van der Waals surface area contributed by atoms with Crippen LogP contribution in [0.3, 0.4) is 0 Å². The number of nitrogen functional groups attached to an aromatic ring is 1. The minimum Gasteiger partial charge on any atom is -0.383 e. The summed E-state index contributed by atoms with van der Waals surface area (Å²) in [5.74, 6) is -0.856. The van der Waals surface area contributed by atoms with E-state index in [1.54, 1.807) is 18.5 Å². The second-order valence-electron chi connectivity index (χ2n) is 3.55. The lowest BCUT2D eigenvalue weighted by atomic mass is 10.1. The minimum atomic E-state index is -0.924. The van der Waals surface area contributed by atoms with Gasteiger partial charge in [0.2, 0.25) is 0 Å². The molecule has 0 amide bonds. The highest BCUT2D eigenvalue weighted by Crippen LogP contribution is 2.28. The summed E-state index contributed by atoms with van der Waals surface area (Å²) in [6.07, 6.45) is 0. The van der Waals surface area contributed by atoms with Crippen molar-refractivity contribution in [3.05, 3.63) is 35.7 Å². The van der Waals surface area contributed by atoms with Gasteiger partial charge in [-0.15, -0.1) is 0 Å². The van der Waals surface area contributed by atoms with Crippen molar-refractivity contribution in [1.82, 2.24) is 9.55 Å². The maximum atomic E-state index is 13.5. The second-order valence-corrected chi connectivity index (χ2v) is 3.55. The van der Waals surface area contributed by atoms with Gasteiger partial charge in [-0.05, 0) is 19.1 Å². The van der Waals surface area contributed by atoms with Gasteiger partial charge in [0.05, 0.1) is 0 Å². The average Bonchev–Trinajstić information content (AvgIpc) is 2.50. The molecule has 0 atom stereocenters. The summed E-state index contributed by atoms with van der Waals surface area (Å²) in [5.41, 5.74) is 6.13. The van der Waals surface area contributed by atoms with Crippen molar-refractivity contribution in [3.8, 4) is 11.3 Å². The molecule has 0 saturated heterocycles. The molecule has 0 saturated carbocycles. The van der Waals surface area contributed by atoms with Crippen LogP contribution in [0.4, 0.5) is 14.6 Å². The largest absolute Gasteiger partial charge is 0.383 e. The molecule has 1 aromatic carbocycles.